The first-order valence-electron chi connectivity index (χ1n) is 10.1. The van der Waals surface area contributed by atoms with Crippen molar-refractivity contribution in [2.75, 3.05) is 49.6 Å². The molecule has 1 amide bonds. The maximum Gasteiger partial charge on any atom is 0.318 e. The van der Waals surface area contributed by atoms with E-state index in [2.05, 4.69) is 32.4 Å². The number of piperazine rings is 1. The largest absolute Gasteiger partial charge is 0.467 e. The molecule has 1 saturated heterocycles. The maximum absolute atomic E-state index is 11.9. The first-order valence-corrected chi connectivity index (χ1v) is 10.5. The Kier molecular flexibility index (Phi) is 5.81. The lowest BCUT2D eigenvalue weighted by atomic mass is 10.0. The molecule has 1 aromatic carbocycles. The van der Waals surface area contributed by atoms with Crippen molar-refractivity contribution in [3.8, 4) is 6.01 Å². The van der Waals surface area contributed by atoms with Crippen molar-refractivity contribution in [3.05, 3.63) is 52.7 Å². The highest BCUT2D eigenvalue weighted by Gasteiger charge is 2.28. The first kappa shape index (κ1) is 20.5. The summed E-state index contributed by atoms with van der Waals surface area (Å²) >= 11 is 6.34. The SMILES string of the molecule is C=CC(=O)N1CCN(c2nc(OC)nc3c2CCN(c2cccc(Cl)c2C)C3)CC1. The molecule has 0 aliphatic carbocycles. The van der Waals surface area contributed by atoms with Crippen molar-refractivity contribution in [2.45, 2.75) is 19.9 Å². The normalized spacial score (nSPS) is 16.3. The molecule has 0 atom stereocenters. The number of methoxy groups -OCH3 is 1. The van der Waals surface area contributed by atoms with Crippen LogP contribution in [0.15, 0.2) is 30.9 Å². The van der Waals surface area contributed by atoms with Crippen molar-refractivity contribution in [3.63, 3.8) is 0 Å². The summed E-state index contributed by atoms with van der Waals surface area (Å²) in [6, 6.07) is 6.37. The topological polar surface area (TPSA) is 61.8 Å². The van der Waals surface area contributed by atoms with Crippen LogP contribution in [0, 0.1) is 6.92 Å². The van der Waals surface area contributed by atoms with Gasteiger partial charge in [-0.2, -0.15) is 9.97 Å². The van der Waals surface area contributed by atoms with Crippen LogP contribution in [0.4, 0.5) is 11.5 Å². The van der Waals surface area contributed by atoms with Gasteiger partial charge in [-0.05, 0) is 37.1 Å². The Morgan fingerprint density at radius 2 is 1.93 bits per heavy atom. The van der Waals surface area contributed by atoms with Crippen LogP contribution in [0.3, 0.4) is 0 Å². The number of carbonyl (C=O) groups is 1. The van der Waals surface area contributed by atoms with Crippen LogP contribution >= 0.6 is 11.6 Å². The second-order valence-electron chi connectivity index (χ2n) is 7.53. The first-order chi connectivity index (χ1) is 14.5. The molecule has 0 N–H and O–H groups in total. The lowest BCUT2D eigenvalue weighted by Crippen LogP contribution is -2.49. The van der Waals surface area contributed by atoms with Gasteiger partial charge in [-0.1, -0.05) is 24.2 Å². The average molecular weight is 428 g/mol. The van der Waals surface area contributed by atoms with Gasteiger partial charge in [-0.25, -0.2) is 0 Å². The Labute approximate surface area is 181 Å². The van der Waals surface area contributed by atoms with E-state index in [9.17, 15) is 4.79 Å². The average Bonchev–Trinajstić information content (AvgIpc) is 2.79. The number of rotatable bonds is 4. The number of carbonyl (C=O) groups excluding carboxylic acids is 1. The van der Waals surface area contributed by atoms with Crippen molar-refractivity contribution in [2.24, 2.45) is 0 Å². The van der Waals surface area contributed by atoms with Gasteiger partial charge < -0.3 is 19.4 Å². The Bertz CT molecular complexity index is 972. The van der Waals surface area contributed by atoms with Crippen LogP contribution in [0.25, 0.3) is 0 Å². The zero-order valence-electron chi connectivity index (χ0n) is 17.4. The van der Waals surface area contributed by atoms with Crippen LogP contribution in [0.5, 0.6) is 6.01 Å². The van der Waals surface area contributed by atoms with E-state index in [4.69, 9.17) is 16.3 Å². The minimum Gasteiger partial charge on any atom is -0.467 e. The summed E-state index contributed by atoms with van der Waals surface area (Å²) in [4.78, 5) is 27.6. The van der Waals surface area contributed by atoms with Crippen molar-refractivity contribution >= 4 is 29.0 Å². The van der Waals surface area contributed by atoms with E-state index in [1.807, 2.05) is 24.0 Å². The molecule has 2 aliphatic heterocycles. The Hall–Kier alpha value is -2.80. The number of amides is 1. The Morgan fingerprint density at radius 3 is 2.63 bits per heavy atom. The summed E-state index contributed by atoms with van der Waals surface area (Å²) in [5, 5.41) is 0.770. The Balaban J connectivity index is 1.61. The summed E-state index contributed by atoms with van der Waals surface area (Å²) < 4.78 is 5.41. The van der Waals surface area contributed by atoms with E-state index >= 15 is 0 Å². The summed E-state index contributed by atoms with van der Waals surface area (Å²) in [5.41, 5.74) is 4.35. The molecule has 0 saturated carbocycles. The molecule has 2 aromatic rings. The standard InChI is InChI=1S/C22H26ClN5O2/c1-4-20(29)26-10-12-27(13-11-26)21-16-8-9-28(14-18(16)24-22(25-21)30-3)19-7-5-6-17(23)15(19)2/h4-7H,1,8-14H2,2-3H3. The molecule has 3 heterocycles. The third-order valence-electron chi connectivity index (χ3n) is 5.85. The molecule has 2 aliphatic rings. The molecule has 8 heteroatoms. The van der Waals surface area contributed by atoms with E-state index in [1.165, 1.54) is 6.08 Å². The molecule has 0 radical (unpaired) electrons. The van der Waals surface area contributed by atoms with Crippen LogP contribution in [0.1, 0.15) is 16.8 Å². The van der Waals surface area contributed by atoms with Crippen molar-refractivity contribution in [1.82, 2.24) is 14.9 Å². The fraction of sp³-hybridized carbons (Fsp3) is 0.409. The highest BCUT2D eigenvalue weighted by molar-refractivity contribution is 6.31. The van der Waals surface area contributed by atoms with Gasteiger partial charge in [0, 0.05) is 49.0 Å². The summed E-state index contributed by atoms with van der Waals surface area (Å²) in [5.74, 6) is 0.898. The predicted molar refractivity (Wildman–Crippen MR) is 119 cm³/mol. The fourth-order valence-electron chi connectivity index (χ4n) is 4.15. The molecule has 30 heavy (non-hydrogen) atoms. The number of hydrogen-bond donors (Lipinski definition) is 0. The zero-order chi connectivity index (χ0) is 21.3. The number of anilines is 2. The number of ether oxygens (including phenoxy) is 1. The smallest absolute Gasteiger partial charge is 0.318 e. The summed E-state index contributed by atoms with van der Waals surface area (Å²) in [6.07, 6.45) is 2.21. The quantitative estimate of drug-likeness (QED) is 0.699. The van der Waals surface area contributed by atoms with Gasteiger partial charge >= 0.3 is 6.01 Å². The van der Waals surface area contributed by atoms with E-state index in [-0.39, 0.29) is 5.91 Å². The number of aromatic nitrogens is 2. The van der Waals surface area contributed by atoms with Crippen molar-refractivity contribution < 1.29 is 9.53 Å². The van der Waals surface area contributed by atoms with E-state index in [0.29, 0.717) is 25.6 Å². The molecule has 1 fully saturated rings. The zero-order valence-corrected chi connectivity index (χ0v) is 18.2. The van der Waals surface area contributed by atoms with Gasteiger partial charge in [0.25, 0.3) is 0 Å². The van der Waals surface area contributed by atoms with Crippen LogP contribution < -0.4 is 14.5 Å². The van der Waals surface area contributed by atoms with Gasteiger partial charge in [0.2, 0.25) is 5.91 Å². The Morgan fingerprint density at radius 1 is 1.17 bits per heavy atom. The molecular weight excluding hydrogens is 402 g/mol. The molecule has 7 nitrogen and oxygen atoms in total. The van der Waals surface area contributed by atoms with E-state index < -0.39 is 0 Å². The molecule has 158 valence electrons. The third-order valence-corrected chi connectivity index (χ3v) is 6.26. The third kappa shape index (κ3) is 3.81. The van der Waals surface area contributed by atoms with E-state index in [0.717, 1.165) is 59.4 Å². The van der Waals surface area contributed by atoms with Gasteiger partial charge in [0.15, 0.2) is 0 Å². The van der Waals surface area contributed by atoms with Crippen molar-refractivity contribution in [1.29, 1.82) is 0 Å². The second-order valence-corrected chi connectivity index (χ2v) is 7.94. The monoisotopic (exact) mass is 427 g/mol. The number of fused-ring (bicyclic) bond motifs is 1. The minimum atomic E-state index is -0.0236. The van der Waals surface area contributed by atoms with Gasteiger partial charge in [0.1, 0.15) is 5.82 Å². The molecule has 1 aromatic heterocycles. The molecule has 0 unspecified atom stereocenters. The number of benzene rings is 1. The predicted octanol–water partition coefficient (Wildman–Crippen LogP) is 2.84. The fourth-order valence-corrected chi connectivity index (χ4v) is 4.32. The molecule has 4 rings (SSSR count). The molecule has 0 spiro atoms. The summed E-state index contributed by atoms with van der Waals surface area (Å²) in [7, 11) is 1.59. The number of hydrogen-bond acceptors (Lipinski definition) is 6. The molecular formula is C22H26ClN5O2. The highest BCUT2D eigenvalue weighted by Crippen LogP contribution is 2.33. The number of halogens is 1. The van der Waals surface area contributed by atoms with Gasteiger partial charge in [-0.3, -0.25) is 4.79 Å². The van der Waals surface area contributed by atoms with Crippen LogP contribution in [-0.2, 0) is 17.8 Å². The lowest BCUT2D eigenvalue weighted by molar-refractivity contribution is -0.126. The van der Waals surface area contributed by atoms with E-state index in [1.54, 1.807) is 7.11 Å². The molecule has 0 bridgehead atoms. The minimum absolute atomic E-state index is 0.0236. The summed E-state index contributed by atoms with van der Waals surface area (Å²) in [6.45, 7) is 9.93. The van der Waals surface area contributed by atoms with Gasteiger partial charge in [-0.15, -0.1) is 0 Å². The second kappa shape index (κ2) is 8.52. The van der Waals surface area contributed by atoms with Gasteiger partial charge in [0.05, 0.1) is 19.3 Å². The lowest BCUT2D eigenvalue weighted by Gasteiger charge is -2.38. The van der Waals surface area contributed by atoms with Crippen LogP contribution in [-0.4, -0.2) is 60.6 Å². The highest BCUT2D eigenvalue weighted by atomic mass is 35.5. The maximum atomic E-state index is 11.9. The number of nitrogens with zero attached hydrogens (tertiary/aromatic N) is 5. The van der Waals surface area contributed by atoms with Crippen LogP contribution in [0.2, 0.25) is 5.02 Å².